The third kappa shape index (κ3) is 3.63. The maximum atomic E-state index is 12.6. The summed E-state index contributed by atoms with van der Waals surface area (Å²) in [5.41, 5.74) is 5.39. The molecular weight excluding hydrogens is 453 g/mol. The van der Waals surface area contributed by atoms with Crippen molar-refractivity contribution in [3.8, 4) is 0 Å². The molecule has 32 heavy (non-hydrogen) atoms. The minimum Gasteiger partial charge on any atom is -0.475 e. The third-order valence-corrected chi connectivity index (χ3v) is 6.27. The number of aromatic amines is 1. The smallest absolute Gasteiger partial charge is 0.381 e. The molecule has 0 aliphatic carbocycles. The number of hydrogen-bond acceptors (Lipinski definition) is 12. The SMILES string of the molecule is Cc1[nH]c(C(=O)O)nc1P(=O)(O)OC(O)[C@H]1O[C@@H](n2cnc3c(N)ncnc32)[C@H](O)[C@@H]1O. The molecule has 0 spiro atoms. The van der Waals surface area contributed by atoms with Gasteiger partial charge in [-0.3, -0.25) is 13.7 Å². The van der Waals surface area contributed by atoms with E-state index in [9.17, 15) is 29.6 Å². The van der Waals surface area contributed by atoms with Crippen molar-refractivity contribution < 1.29 is 43.9 Å². The standard InChI is InChI=1S/C15H18N7O9P/c1-4-12(21-10(20-4)14(25)26)32(28,29)31-15(27)8-6(23)7(24)13(30-8)22-3-19-5-9(16)17-2-18-11(5)22/h2-3,6-8,13,15,23-24,27H,1H3,(H,20,21)(H,25,26)(H,28,29)(H2,16,17,18)/t6-,7+,8-,13+,15?/m0/s1. The molecule has 3 aromatic heterocycles. The molecule has 17 heteroatoms. The van der Waals surface area contributed by atoms with Crippen molar-refractivity contribution in [2.75, 3.05) is 5.73 Å². The van der Waals surface area contributed by atoms with Crippen LogP contribution in [-0.4, -0.2) is 85.4 Å². The summed E-state index contributed by atoms with van der Waals surface area (Å²) in [6.45, 7) is 1.28. The topological polar surface area (TPSA) is 252 Å². The van der Waals surface area contributed by atoms with Crippen LogP contribution in [-0.2, 0) is 13.8 Å². The molecular formula is C15H18N7O9P. The molecule has 2 unspecified atom stereocenters. The summed E-state index contributed by atoms with van der Waals surface area (Å²) in [4.78, 5) is 38.8. The fourth-order valence-corrected chi connectivity index (χ4v) is 4.51. The average molecular weight is 471 g/mol. The van der Waals surface area contributed by atoms with Gasteiger partial charge in [0.15, 0.2) is 29.4 Å². The summed E-state index contributed by atoms with van der Waals surface area (Å²) in [6.07, 6.45) is -6.18. The lowest BCUT2D eigenvalue weighted by atomic mass is 10.1. The Morgan fingerprint density at radius 2 is 2.06 bits per heavy atom. The van der Waals surface area contributed by atoms with E-state index in [4.69, 9.17) is 20.1 Å². The summed E-state index contributed by atoms with van der Waals surface area (Å²) in [6, 6.07) is 0. The summed E-state index contributed by atoms with van der Waals surface area (Å²) >= 11 is 0. The van der Waals surface area contributed by atoms with Crippen LogP contribution in [0.1, 0.15) is 22.5 Å². The molecule has 1 saturated heterocycles. The Morgan fingerprint density at radius 3 is 2.72 bits per heavy atom. The van der Waals surface area contributed by atoms with Crippen LogP contribution in [0.3, 0.4) is 0 Å². The Balaban J connectivity index is 1.57. The van der Waals surface area contributed by atoms with Crippen LogP contribution in [0, 0.1) is 6.92 Å². The monoisotopic (exact) mass is 471 g/mol. The maximum Gasteiger partial charge on any atom is 0.381 e. The zero-order valence-electron chi connectivity index (χ0n) is 16.2. The van der Waals surface area contributed by atoms with Gasteiger partial charge in [-0.1, -0.05) is 0 Å². The lowest BCUT2D eigenvalue weighted by Gasteiger charge is -2.23. The number of nitrogens with zero attached hydrogens (tertiary/aromatic N) is 5. The quantitative estimate of drug-likeness (QED) is 0.146. The molecule has 0 amide bonds. The van der Waals surface area contributed by atoms with Crippen LogP contribution in [0.5, 0.6) is 0 Å². The van der Waals surface area contributed by atoms with Crippen molar-refractivity contribution in [1.29, 1.82) is 0 Å². The number of rotatable bonds is 6. The van der Waals surface area contributed by atoms with E-state index in [0.29, 0.717) is 0 Å². The van der Waals surface area contributed by atoms with Gasteiger partial charge in [0.1, 0.15) is 30.2 Å². The summed E-state index contributed by atoms with van der Waals surface area (Å²) in [5.74, 6) is -2.01. The van der Waals surface area contributed by atoms with E-state index < -0.39 is 55.7 Å². The van der Waals surface area contributed by atoms with Gasteiger partial charge in [0.05, 0.1) is 6.33 Å². The Labute approximate surface area is 177 Å². The van der Waals surface area contributed by atoms with Gasteiger partial charge in [-0.2, -0.15) is 0 Å². The van der Waals surface area contributed by atoms with E-state index >= 15 is 0 Å². The minimum absolute atomic E-state index is 0.0676. The number of nitrogens with one attached hydrogen (secondary N) is 1. The van der Waals surface area contributed by atoms with Crippen LogP contribution in [0.2, 0.25) is 0 Å². The van der Waals surface area contributed by atoms with Crippen molar-refractivity contribution in [3.63, 3.8) is 0 Å². The highest BCUT2D eigenvalue weighted by Gasteiger charge is 2.49. The average Bonchev–Trinajstić information content (AvgIpc) is 3.39. The second-order valence-electron chi connectivity index (χ2n) is 6.91. The normalized spacial score (nSPS) is 26.3. The second kappa shape index (κ2) is 7.86. The Hall–Kier alpha value is -2.98. The number of imidazole rings is 2. The van der Waals surface area contributed by atoms with Crippen LogP contribution >= 0.6 is 7.60 Å². The number of aromatic carboxylic acids is 1. The lowest BCUT2D eigenvalue weighted by molar-refractivity contribution is -0.156. The second-order valence-corrected chi connectivity index (χ2v) is 8.59. The van der Waals surface area contributed by atoms with Crippen LogP contribution < -0.4 is 11.2 Å². The Kier molecular flexibility index (Phi) is 5.46. The molecule has 172 valence electrons. The number of ether oxygens (including phenoxy) is 1. The van der Waals surface area contributed by atoms with Gasteiger partial charge in [-0.05, 0) is 6.92 Å². The molecule has 16 nitrogen and oxygen atoms in total. The molecule has 0 aromatic carbocycles. The Bertz CT molecular complexity index is 1230. The molecule has 0 bridgehead atoms. The van der Waals surface area contributed by atoms with Crippen LogP contribution in [0.4, 0.5) is 5.82 Å². The Morgan fingerprint density at radius 1 is 1.34 bits per heavy atom. The van der Waals surface area contributed by atoms with Crippen LogP contribution in [0.25, 0.3) is 11.2 Å². The number of carboxylic acids is 1. The number of carboxylic acid groups (broad SMARTS) is 1. The van der Waals surface area contributed by atoms with E-state index in [1.54, 1.807) is 0 Å². The zero-order valence-corrected chi connectivity index (χ0v) is 17.1. The van der Waals surface area contributed by atoms with Crippen LogP contribution in [0.15, 0.2) is 12.7 Å². The van der Waals surface area contributed by atoms with E-state index in [-0.39, 0.29) is 22.7 Å². The first kappa shape index (κ1) is 22.2. The largest absolute Gasteiger partial charge is 0.475 e. The molecule has 8 N–H and O–H groups in total. The van der Waals surface area contributed by atoms with Gasteiger partial charge in [-0.15, -0.1) is 0 Å². The number of nitrogen functional groups attached to an aromatic ring is 1. The summed E-state index contributed by atoms with van der Waals surface area (Å²) in [5, 5.41) is 40.1. The molecule has 4 rings (SSSR count). The molecule has 1 fully saturated rings. The summed E-state index contributed by atoms with van der Waals surface area (Å²) in [7, 11) is -4.87. The number of carbonyl (C=O) groups is 1. The lowest BCUT2D eigenvalue weighted by Crippen LogP contribution is -2.40. The highest BCUT2D eigenvalue weighted by molar-refractivity contribution is 7.61. The van der Waals surface area contributed by atoms with Crippen molar-refractivity contribution in [2.24, 2.45) is 0 Å². The number of aromatic nitrogens is 6. The molecule has 0 saturated carbocycles. The van der Waals surface area contributed by atoms with Gasteiger partial charge in [-0.25, -0.2) is 24.7 Å². The molecule has 4 heterocycles. The number of aliphatic hydroxyl groups excluding tert-OH is 3. The third-order valence-electron chi connectivity index (χ3n) is 4.80. The predicted molar refractivity (Wildman–Crippen MR) is 102 cm³/mol. The van der Waals surface area contributed by atoms with Gasteiger partial charge in [0.25, 0.3) is 0 Å². The molecule has 3 aromatic rings. The number of H-pyrrole nitrogens is 1. The molecule has 6 atom stereocenters. The number of anilines is 1. The van der Waals surface area contributed by atoms with Gasteiger partial charge in [0, 0.05) is 5.69 Å². The van der Waals surface area contributed by atoms with Crippen molar-refractivity contribution in [2.45, 2.75) is 37.8 Å². The number of aryl methyl sites for hydroxylation is 1. The highest BCUT2D eigenvalue weighted by Crippen LogP contribution is 2.44. The van der Waals surface area contributed by atoms with Gasteiger partial charge < -0.3 is 40.8 Å². The van der Waals surface area contributed by atoms with E-state index in [0.717, 1.165) is 6.33 Å². The van der Waals surface area contributed by atoms with E-state index in [1.165, 1.54) is 17.8 Å². The molecule has 0 radical (unpaired) electrons. The fraction of sp³-hybridized carbons (Fsp3) is 0.400. The van der Waals surface area contributed by atoms with E-state index in [1.807, 2.05) is 0 Å². The first-order valence-corrected chi connectivity index (χ1v) is 10.5. The van der Waals surface area contributed by atoms with Crippen molar-refractivity contribution in [3.05, 3.63) is 24.2 Å². The highest BCUT2D eigenvalue weighted by atomic mass is 31.2. The summed E-state index contributed by atoms with van der Waals surface area (Å²) < 4.78 is 24.1. The van der Waals surface area contributed by atoms with Gasteiger partial charge in [0.2, 0.25) is 5.82 Å². The maximum absolute atomic E-state index is 12.6. The number of aliphatic hydroxyl groups is 3. The van der Waals surface area contributed by atoms with Crippen molar-refractivity contribution >= 4 is 36.0 Å². The fourth-order valence-electron chi connectivity index (χ4n) is 3.29. The number of nitrogens with two attached hydrogens (primary N) is 1. The number of fused-ring (bicyclic) bond motifs is 1. The first-order chi connectivity index (χ1) is 15.0. The molecule has 1 aliphatic heterocycles. The van der Waals surface area contributed by atoms with E-state index in [2.05, 4.69) is 24.9 Å². The molecule has 1 aliphatic rings. The predicted octanol–water partition coefficient (Wildman–Crippen LogP) is -2.40. The van der Waals surface area contributed by atoms with Crippen molar-refractivity contribution in [1.82, 2.24) is 29.5 Å². The van der Waals surface area contributed by atoms with Gasteiger partial charge >= 0.3 is 13.6 Å². The zero-order chi connectivity index (χ0) is 23.4. The number of hydrogen-bond donors (Lipinski definition) is 7. The first-order valence-electron chi connectivity index (χ1n) is 8.95. The minimum atomic E-state index is -4.87.